The van der Waals surface area contributed by atoms with Crippen LogP contribution in [0.5, 0.6) is 0 Å². The number of rotatable bonds is 8. The molecule has 0 saturated heterocycles. The average molecular weight is 474 g/mol. The van der Waals surface area contributed by atoms with Crippen molar-refractivity contribution in [2.45, 2.75) is 13.0 Å². The molecule has 0 unspecified atom stereocenters. The lowest BCUT2D eigenvalue weighted by atomic mass is 10.1. The van der Waals surface area contributed by atoms with Gasteiger partial charge in [0.1, 0.15) is 22.3 Å². The van der Waals surface area contributed by atoms with Gasteiger partial charge in [-0.25, -0.2) is 13.8 Å². The van der Waals surface area contributed by atoms with Crippen LogP contribution in [0.25, 0.3) is 0 Å². The molecule has 10 heteroatoms. The Kier molecular flexibility index (Phi) is 7.39. The van der Waals surface area contributed by atoms with E-state index in [0.29, 0.717) is 11.3 Å². The molecule has 1 aromatic heterocycles. The third-order valence-corrected chi connectivity index (χ3v) is 6.03. The first-order chi connectivity index (χ1) is 15.6. The normalized spacial score (nSPS) is 12.0. The van der Waals surface area contributed by atoms with Gasteiger partial charge in [-0.2, -0.15) is 0 Å². The van der Waals surface area contributed by atoms with Crippen molar-refractivity contribution in [3.63, 3.8) is 0 Å². The SMILES string of the molecule is C[C@@H](CN(C)C)N(C)C(=O)c1ccc(Nc2nc(N)c(C(=O)c3c(F)cccc3F)s2)cc1. The number of aromatic nitrogens is 1. The highest BCUT2D eigenvalue weighted by Crippen LogP contribution is 2.31. The van der Waals surface area contributed by atoms with E-state index in [2.05, 4.69) is 10.3 Å². The lowest BCUT2D eigenvalue weighted by Crippen LogP contribution is -2.41. The Morgan fingerprint density at radius 3 is 2.27 bits per heavy atom. The van der Waals surface area contributed by atoms with Gasteiger partial charge in [0.05, 0.1) is 5.56 Å². The molecular formula is C23H25F2N5O2S. The fourth-order valence-corrected chi connectivity index (χ4v) is 4.10. The molecular weight excluding hydrogens is 448 g/mol. The number of hydrogen-bond acceptors (Lipinski definition) is 7. The summed E-state index contributed by atoms with van der Waals surface area (Å²) in [6.45, 7) is 2.72. The number of nitrogens with zero attached hydrogens (tertiary/aromatic N) is 3. The Morgan fingerprint density at radius 1 is 1.09 bits per heavy atom. The maximum Gasteiger partial charge on any atom is 0.253 e. The van der Waals surface area contributed by atoms with Crippen molar-refractivity contribution >= 4 is 39.7 Å². The number of nitrogens with one attached hydrogen (secondary N) is 1. The zero-order valence-electron chi connectivity index (χ0n) is 18.7. The second-order valence-electron chi connectivity index (χ2n) is 7.89. The molecule has 1 atom stereocenters. The number of nitrogens with two attached hydrogens (primary N) is 1. The standard InChI is InChI=1S/C23H25F2N5O2S/c1-13(12-29(2)3)30(4)22(32)14-8-10-15(11-9-14)27-23-28-21(26)20(33-23)19(31)18-16(24)6-5-7-17(18)25/h5-11,13H,12,26H2,1-4H3,(H,27,28)/t13-/m0/s1. The fourth-order valence-electron chi connectivity index (χ4n) is 3.25. The van der Waals surface area contributed by atoms with E-state index >= 15 is 0 Å². The Hall–Kier alpha value is -3.37. The molecule has 2 aromatic carbocycles. The zero-order chi connectivity index (χ0) is 24.3. The quantitative estimate of drug-likeness (QED) is 0.481. The molecule has 33 heavy (non-hydrogen) atoms. The minimum Gasteiger partial charge on any atom is -0.382 e. The van der Waals surface area contributed by atoms with Gasteiger partial charge in [-0.1, -0.05) is 17.4 Å². The smallest absolute Gasteiger partial charge is 0.253 e. The summed E-state index contributed by atoms with van der Waals surface area (Å²) in [7, 11) is 5.66. The van der Waals surface area contributed by atoms with Crippen molar-refractivity contribution in [3.8, 4) is 0 Å². The number of nitrogen functional groups attached to an aromatic ring is 1. The first-order valence-corrected chi connectivity index (χ1v) is 10.9. The molecule has 0 bridgehead atoms. The monoisotopic (exact) mass is 473 g/mol. The van der Waals surface area contributed by atoms with E-state index in [9.17, 15) is 18.4 Å². The molecule has 0 aliphatic carbocycles. The van der Waals surface area contributed by atoms with Gasteiger partial charge in [-0.3, -0.25) is 9.59 Å². The third-order valence-electron chi connectivity index (χ3n) is 5.04. The number of thiazole rings is 1. The van der Waals surface area contributed by atoms with Gasteiger partial charge in [0.2, 0.25) is 5.78 Å². The van der Waals surface area contributed by atoms with Crippen LogP contribution in [-0.4, -0.2) is 60.2 Å². The van der Waals surface area contributed by atoms with Crippen LogP contribution in [0, 0.1) is 11.6 Å². The Bertz CT molecular complexity index is 1140. The Morgan fingerprint density at radius 2 is 1.70 bits per heavy atom. The molecule has 0 aliphatic heterocycles. The lowest BCUT2D eigenvalue weighted by Gasteiger charge is -2.27. The van der Waals surface area contributed by atoms with Crippen LogP contribution in [0.2, 0.25) is 0 Å². The number of ketones is 1. The molecule has 0 radical (unpaired) electrons. The number of amides is 1. The van der Waals surface area contributed by atoms with Gasteiger partial charge >= 0.3 is 0 Å². The minimum atomic E-state index is -0.965. The van der Waals surface area contributed by atoms with Crippen LogP contribution in [0.4, 0.5) is 25.4 Å². The highest BCUT2D eigenvalue weighted by molar-refractivity contribution is 7.18. The molecule has 3 aromatic rings. The van der Waals surface area contributed by atoms with Gasteiger partial charge in [0, 0.05) is 30.9 Å². The first-order valence-electron chi connectivity index (χ1n) is 10.1. The predicted molar refractivity (Wildman–Crippen MR) is 126 cm³/mol. The van der Waals surface area contributed by atoms with E-state index in [0.717, 1.165) is 30.0 Å². The maximum absolute atomic E-state index is 14.0. The van der Waals surface area contributed by atoms with Crippen LogP contribution in [0.3, 0.4) is 0 Å². The fraction of sp³-hybridized carbons (Fsp3) is 0.261. The molecule has 1 heterocycles. The van der Waals surface area contributed by atoms with E-state index in [4.69, 9.17) is 5.73 Å². The lowest BCUT2D eigenvalue weighted by molar-refractivity contribution is 0.0722. The van der Waals surface area contributed by atoms with Crippen molar-refractivity contribution in [1.82, 2.24) is 14.8 Å². The number of halogens is 2. The second-order valence-corrected chi connectivity index (χ2v) is 8.89. The van der Waals surface area contributed by atoms with E-state index in [1.54, 1.807) is 36.2 Å². The van der Waals surface area contributed by atoms with Crippen molar-refractivity contribution in [2.75, 3.05) is 38.7 Å². The van der Waals surface area contributed by atoms with Gasteiger partial charge in [-0.05, 0) is 57.4 Å². The van der Waals surface area contributed by atoms with Crippen LogP contribution < -0.4 is 11.1 Å². The molecule has 7 nitrogen and oxygen atoms in total. The number of carbonyl (C=O) groups is 2. The summed E-state index contributed by atoms with van der Waals surface area (Å²) >= 11 is 0.890. The summed E-state index contributed by atoms with van der Waals surface area (Å²) in [6, 6.07) is 10.0. The largest absolute Gasteiger partial charge is 0.382 e. The molecule has 174 valence electrons. The van der Waals surface area contributed by atoms with Crippen LogP contribution in [-0.2, 0) is 0 Å². The molecule has 3 rings (SSSR count). The summed E-state index contributed by atoms with van der Waals surface area (Å²) in [5.74, 6) is -3.03. The summed E-state index contributed by atoms with van der Waals surface area (Å²) in [5, 5.41) is 3.28. The van der Waals surface area contributed by atoms with E-state index < -0.39 is 23.0 Å². The Balaban J connectivity index is 1.74. The van der Waals surface area contributed by atoms with Crippen LogP contribution in [0.1, 0.15) is 32.5 Å². The van der Waals surface area contributed by atoms with Gasteiger partial charge in [-0.15, -0.1) is 0 Å². The molecule has 0 fully saturated rings. The topological polar surface area (TPSA) is 91.6 Å². The van der Waals surface area contributed by atoms with Crippen molar-refractivity contribution in [3.05, 3.63) is 70.1 Å². The van der Waals surface area contributed by atoms with Crippen molar-refractivity contribution in [1.29, 1.82) is 0 Å². The van der Waals surface area contributed by atoms with Gasteiger partial charge in [0.15, 0.2) is 5.13 Å². The number of likely N-dealkylation sites (N-methyl/N-ethyl adjacent to an activating group) is 2. The Labute approximate surface area is 194 Å². The zero-order valence-corrected chi connectivity index (χ0v) is 19.5. The minimum absolute atomic E-state index is 0.0406. The van der Waals surface area contributed by atoms with Gasteiger partial charge < -0.3 is 20.9 Å². The van der Waals surface area contributed by atoms with Crippen molar-refractivity contribution < 1.29 is 18.4 Å². The van der Waals surface area contributed by atoms with Gasteiger partial charge in [0.25, 0.3) is 5.91 Å². The highest BCUT2D eigenvalue weighted by atomic mass is 32.1. The molecule has 0 aliphatic rings. The summed E-state index contributed by atoms with van der Waals surface area (Å²) < 4.78 is 28.0. The highest BCUT2D eigenvalue weighted by Gasteiger charge is 2.24. The van der Waals surface area contributed by atoms with Crippen LogP contribution in [0.15, 0.2) is 42.5 Å². The summed E-state index contributed by atoms with van der Waals surface area (Å²) in [5.41, 5.74) is 6.30. The molecule has 0 saturated carbocycles. The predicted octanol–water partition coefficient (Wildman–Crippen LogP) is 4.00. The van der Waals surface area contributed by atoms with E-state index in [1.807, 2.05) is 25.9 Å². The van der Waals surface area contributed by atoms with Crippen LogP contribution >= 0.6 is 11.3 Å². The summed E-state index contributed by atoms with van der Waals surface area (Å²) in [6.07, 6.45) is 0. The molecule has 3 N–H and O–H groups in total. The maximum atomic E-state index is 14.0. The van der Waals surface area contributed by atoms with E-state index in [-0.39, 0.29) is 27.8 Å². The second kappa shape index (κ2) is 10.1. The number of carbonyl (C=O) groups excluding carboxylic acids is 2. The molecule has 1 amide bonds. The number of hydrogen-bond donors (Lipinski definition) is 2. The van der Waals surface area contributed by atoms with E-state index in [1.165, 1.54) is 6.07 Å². The number of anilines is 3. The third kappa shape index (κ3) is 5.52. The first kappa shape index (κ1) is 24.3. The summed E-state index contributed by atoms with van der Waals surface area (Å²) in [4.78, 5) is 33.1. The number of benzene rings is 2. The average Bonchev–Trinajstić information content (AvgIpc) is 3.12. The molecule has 0 spiro atoms. The van der Waals surface area contributed by atoms with Crippen molar-refractivity contribution in [2.24, 2.45) is 0 Å².